The summed E-state index contributed by atoms with van der Waals surface area (Å²) in [6, 6.07) is 7.39. The van der Waals surface area contributed by atoms with Crippen molar-refractivity contribution in [1.29, 1.82) is 0 Å². The highest BCUT2D eigenvalue weighted by Gasteiger charge is 2.10. The molecule has 7 heteroatoms. The lowest BCUT2D eigenvalue weighted by molar-refractivity contribution is -0.121. The Morgan fingerprint density at radius 2 is 1.96 bits per heavy atom. The first-order chi connectivity index (χ1) is 12.1. The summed E-state index contributed by atoms with van der Waals surface area (Å²) in [6.45, 7) is 0.346. The Hall–Kier alpha value is -1.95. The van der Waals surface area contributed by atoms with E-state index in [2.05, 4.69) is 15.3 Å². The molecule has 2 heterocycles. The van der Waals surface area contributed by atoms with Crippen molar-refractivity contribution in [1.82, 2.24) is 15.3 Å². The lowest BCUT2D eigenvalue weighted by atomic mass is 10.1. The molecule has 0 aliphatic carbocycles. The number of benzene rings is 1. The van der Waals surface area contributed by atoms with Gasteiger partial charge in [-0.05, 0) is 35.6 Å². The van der Waals surface area contributed by atoms with Crippen LogP contribution >= 0.6 is 34.5 Å². The minimum atomic E-state index is -0.0482. The van der Waals surface area contributed by atoms with Crippen LogP contribution in [0.4, 0.5) is 0 Å². The second-order valence-electron chi connectivity index (χ2n) is 5.39. The van der Waals surface area contributed by atoms with Crippen molar-refractivity contribution in [3.05, 3.63) is 68.7 Å². The number of nitrogens with zero attached hydrogens (tertiary/aromatic N) is 2. The van der Waals surface area contributed by atoms with Crippen LogP contribution in [0, 0.1) is 0 Å². The summed E-state index contributed by atoms with van der Waals surface area (Å²) in [6.07, 6.45) is 4.25. The Morgan fingerprint density at radius 1 is 1.12 bits per heavy atom. The number of hydrogen-bond acceptors (Lipinski definition) is 4. The van der Waals surface area contributed by atoms with Gasteiger partial charge in [-0.25, -0.2) is 0 Å². The summed E-state index contributed by atoms with van der Waals surface area (Å²) in [5.74, 6) is -0.0482. The van der Waals surface area contributed by atoms with E-state index in [4.69, 9.17) is 23.2 Å². The Bertz CT molecular complexity index is 869. The maximum atomic E-state index is 12.1. The fraction of sp³-hybridized carbons (Fsp3) is 0.167. The summed E-state index contributed by atoms with van der Waals surface area (Å²) in [5.41, 5.74) is 3.54. The van der Waals surface area contributed by atoms with Gasteiger partial charge in [-0.3, -0.25) is 14.8 Å². The lowest BCUT2D eigenvalue weighted by Gasteiger charge is -2.08. The number of rotatable bonds is 6. The van der Waals surface area contributed by atoms with Crippen LogP contribution < -0.4 is 5.32 Å². The van der Waals surface area contributed by atoms with Crippen LogP contribution in [-0.2, 0) is 17.8 Å². The second kappa shape index (κ2) is 8.43. The highest BCUT2D eigenvalue weighted by molar-refractivity contribution is 7.08. The van der Waals surface area contributed by atoms with Gasteiger partial charge in [0.05, 0.1) is 28.0 Å². The largest absolute Gasteiger partial charge is 0.350 e. The number of carbonyl (C=O) groups excluding carboxylic acids is 1. The summed E-state index contributed by atoms with van der Waals surface area (Å²) in [4.78, 5) is 20.8. The SMILES string of the molecule is O=C(CCc1ccc(Cl)c(Cl)c1)NCc1nccnc1-c1ccsc1. The van der Waals surface area contributed by atoms with E-state index in [1.807, 2.05) is 22.9 Å². The first-order valence-electron chi connectivity index (χ1n) is 7.66. The fourth-order valence-electron chi connectivity index (χ4n) is 2.36. The van der Waals surface area contributed by atoms with Gasteiger partial charge >= 0.3 is 0 Å². The average molecular weight is 392 g/mol. The summed E-state index contributed by atoms with van der Waals surface area (Å²) in [7, 11) is 0. The van der Waals surface area contributed by atoms with Gasteiger partial charge in [0.15, 0.2) is 0 Å². The van der Waals surface area contributed by atoms with E-state index >= 15 is 0 Å². The molecule has 25 heavy (non-hydrogen) atoms. The van der Waals surface area contributed by atoms with Crippen molar-refractivity contribution in [2.75, 3.05) is 0 Å². The molecule has 0 fully saturated rings. The van der Waals surface area contributed by atoms with Crippen LogP contribution in [0.2, 0.25) is 10.0 Å². The molecule has 1 aromatic carbocycles. The highest BCUT2D eigenvalue weighted by atomic mass is 35.5. The Balaban J connectivity index is 1.57. The number of nitrogens with one attached hydrogen (secondary N) is 1. The van der Waals surface area contributed by atoms with Gasteiger partial charge in [0.1, 0.15) is 0 Å². The molecule has 0 saturated heterocycles. The molecule has 0 unspecified atom stereocenters. The predicted octanol–water partition coefficient (Wildman–Crippen LogP) is 4.76. The molecule has 0 saturated carbocycles. The van der Waals surface area contributed by atoms with Crippen LogP contribution in [0.3, 0.4) is 0 Å². The predicted molar refractivity (Wildman–Crippen MR) is 102 cm³/mol. The standard InChI is InChI=1S/C18H15Cl2N3OS/c19-14-3-1-12(9-15(14)20)2-4-17(24)23-10-16-18(22-7-6-21-16)13-5-8-25-11-13/h1,3,5-9,11H,2,4,10H2,(H,23,24). The molecule has 2 aromatic heterocycles. The van der Waals surface area contributed by atoms with Crippen LogP contribution in [0.25, 0.3) is 11.3 Å². The van der Waals surface area contributed by atoms with Crippen molar-refractivity contribution in [2.24, 2.45) is 0 Å². The average Bonchev–Trinajstić information content (AvgIpc) is 3.15. The van der Waals surface area contributed by atoms with Gasteiger partial charge in [-0.15, -0.1) is 0 Å². The smallest absolute Gasteiger partial charge is 0.220 e. The normalized spacial score (nSPS) is 10.6. The van der Waals surface area contributed by atoms with Gasteiger partial charge in [-0.1, -0.05) is 29.3 Å². The maximum absolute atomic E-state index is 12.1. The number of halogens is 2. The zero-order valence-electron chi connectivity index (χ0n) is 13.2. The molecule has 3 aromatic rings. The highest BCUT2D eigenvalue weighted by Crippen LogP contribution is 2.23. The Labute approximate surface area is 159 Å². The molecule has 0 aliphatic heterocycles. The second-order valence-corrected chi connectivity index (χ2v) is 6.98. The van der Waals surface area contributed by atoms with Crippen LogP contribution in [0.1, 0.15) is 17.7 Å². The summed E-state index contributed by atoms with van der Waals surface area (Å²) >= 11 is 13.5. The molecule has 0 spiro atoms. The minimum absolute atomic E-state index is 0.0482. The number of thiophene rings is 1. The number of amides is 1. The van der Waals surface area contributed by atoms with Gasteiger partial charge in [0, 0.05) is 29.8 Å². The fourth-order valence-corrected chi connectivity index (χ4v) is 3.32. The molecular weight excluding hydrogens is 377 g/mol. The van der Waals surface area contributed by atoms with Gasteiger partial charge < -0.3 is 5.32 Å². The molecule has 0 atom stereocenters. The Kier molecular flexibility index (Phi) is 6.02. The third-order valence-corrected chi connectivity index (χ3v) is 5.07. The van der Waals surface area contributed by atoms with Crippen molar-refractivity contribution >= 4 is 40.4 Å². The van der Waals surface area contributed by atoms with Crippen molar-refractivity contribution in [2.45, 2.75) is 19.4 Å². The molecule has 128 valence electrons. The lowest BCUT2D eigenvalue weighted by Crippen LogP contribution is -2.24. The van der Waals surface area contributed by atoms with Gasteiger partial charge in [0.25, 0.3) is 0 Å². The number of carbonyl (C=O) groups is 1. The van der Waals surface area contributed by atoms with Gasteiger partial charge in [0.2, 0.25) is 5.91 Å². The molecular formula is C18H15Cl2N3OS. The van der Waals surface area contributed by atoms with Crippen LogP contribution in [0.5, 0.6) is 0 Å². The van der Waals surface area contributed by atoms with E-state index in [0.717, 1.165) is 22.5 Å². The van der Waals surface area contributed by atoms with Crippen LogP contribution in [-0.4, -0.2) is 15.9 Å². The molecule has 1 amide bonds. The zero-order chi connectivity index (χ0) is 17.6. The van der Waals surface area contributed by atoms with Crippen LogP contribution in [0.15, 0.2) is 47.4 Å². The summed E-state index contributed by atoms with van der Waals surface area (Å²) in [5, 5.41) is 7.92. The van der Waals surface area contributed by atoms with E-state index in [-0.39, 0.29) is 5.91 Å². The topological polar surface area (TPSA) is 54.9 Å². The molecule has 4 nitrogen and oxygen atoms in total. The minimum Gasteiger partial charge on any atom is -0.350 e. The third kappa shape index (κ3) is 4.78. The zero-order valence-corrected chi connectivity index (χ0v) is 15.5. The van der Waals surface area contributed by atoms with E-state index < -0.39 is 0 Å². The van der Waals surface area contributed by atoms with Crippen molar-refractivity contribution in [3.8, 4) is 11.3 Å². The number of aryl methyl sites for hydroxylation is 1. The number of aromatic nitrogens is 2. The molecule has 0 aliphatic rings. The van der Waals surface area contributed by atoms with E-state index in [1.54, 1.807) is 35.9 Å². The third-order valence-electron chi connectivity index (χ3n) is 3.65. The summed E-state index contributed by atoms with van der Waals surface area (Å²) < 4.78 is 0. The molecule has 0 radical (unpaired) electrons. The molecule has 1 N–H and O–H groups in total. The van der Waals surface area contributed by atoms with E-state index in [0.29, 0.717) is 29.4 Å². The Morgan fingerprint density at radius 3 is 2.72 bits per heavy atom. The first kappa shape index (κ1) is 17.9. The van der Waals surface area contributed by atoms with Crippen molar-refractivity contribution in [3.63, 3.8) is 0 Å². The van der Waals surface area contributed by atoms with E-state index in [1.165, 1.54) is 0 Å². The molecule has 3 rings (SSSR count). The number of hydrogen-bond donors (Lipinski definition) is 1. The van der Waals surface area contributed by atoms with Crippen molar-refractivity contribution < 1.29 is 4.79 Å². The first-order valence-corrected chi connectivity index (χ1v) is 9.36. The van der Waals surface area contributed by atoms with Gasteiger partial charge in [-0.2, -0.15) is 11.3 Å². The maximum Gasteiger partial charge on any atom is 0.220 e. The quantitative estimate of drug-likeness (QED) is 0.658. The monoisotopic (exact) mass is 391 g/mol. The molecule has 0 bridgehead atoms. The van der Waals surface area contributed by atoms with E-state index in [9.17, 15) is 4.79 Å².